The van der Waals surface area contributed by atoms with Gasteiger partial charge in [-0.2, -0.15) is 0 Å². The molecule has 46 valence electrons. The number of rotatable bonds is 1. The van der Waals surface area contributed by atoms with E-state index in [9.17, 15) is 9.90 Å². The Morgan fingerprint density at radius 3 is 2.11 bits per heavy atom. The van der Waals surface area contributed by atoms with Gasteiger partial charge in [-0.3, -0.25) is 10.6 Å². The van der Waals surface area contributed by atoms with Crippen molar-refractivity contribution >= 4 is 5.97 Å². The van der Waals surface area contributed by atoms with Gasteiger partial charge in [0, 0.05) is 13.1 Å². The molecule has 0 radical (unpaired) electrons. The summed E-state index contributed by atoms with van der Waals surface area (Å²) in [5, 5.41) is 15.3. The fourth-order valence-electron chi connectivity index (χ4n) is 0.672. The first-order chi connectivity index (χ1) is 3.80. The average molecular weight is 138 g/mol. The van der Waals surface area contributed by atoms with E-state index in [0.717, 1.165) is 0 Å². The Hall–Kier alpha value is 0.390. The molecule has 0 aromatic carbocycles. The van der Waals surface area contributed by atoms with E-state index in [2.05, 4.69) is 10.6 Å². The van der Waals surface area contributed by atoms with Crippen LogP contribution < -0.4 is 45.3 Å². The Bertz CT molecular complexity index is 103. The largest absolute Gasteiger partial charge is 1.00 e. The van der Waals surface area contributed by atoms with Crippen LogP contribution in [0.2, 0.25) is 0 Å². The number of hydrogen-bond acceptors (Lipinski definition) is 4. The van der Waals surface area contributed by atoms with Gasteiger partial charge in [-0.25, -0.2) is 0 Å². The van der Waals surface area contributed by atoms with Crippen molar-refractivity contribution in [2.45, 2.75) is 6.17 Å². The van der Waals surface area contributed by atoms with Crippen LogP contribution in [0.4, 0.5) is 0 Å². The normalized spacial score (nSPS) is 19.1. The molecule has 9 heavy (non-hydrogen) atoms. The molecule has 1 saturated heterocycles. The van der Waals surface area contributed by atoms with Crippen molar-refractivity contribution in [2.24, 2.45) is 0 Å². The predicted molar refractivity (Wildman–Crippen MR) is 24.8 cm³/mol. The molecule has 1 rings (SSSR count). The molecule has 1 aliphatic heterocycles. The van der Waals surface area contributed by atoms with Gasteiger partial charge in [0.15, 0.2) is 0 Å². The van der Waals surface area contributed by atoms with Crippen LogP contribution >= 0.6 is 0 Å². The molecule has 5 heteroatoms. The van der Waals surface area contributed by atoms with Gasteiger partial charge in [0.05, 0.1) is 12.1 Å². The minimum absolute atomic E-state index is 0. The van der Waals surface area contributed by atoms with E-state index < -0.39 is 12.1 Å². The second kappa shape index (κ2) is 4.24. The minimum atomic E-state index is -1.08. The van der Waals surface area contributed by atoms with Gasteiger partial charge in [-0.1, -0.05) is 0 Å². The molecule has 2 N–H and O–H groups in total. The van der Waals surface area contributed by atoms with Crippen LogP contribution in [0.15, 0.2) is 0 Å². The number of nitrogens with one attached hydrogen (secondary N) is 2. The van der Waals surface area contributed by atoms with Crippen molar-refractivity contribution in [3.05, 3.63) is 0 Å². The topological polar surface area (TPSA) is 64.2 Å². The maximum Gasteiger partial charge on any atom is 1.00 e. The van der Waals surface area contributed by atoms with Gasteiger partial charge >= 0.3 is 29.6 Å². The zero-order valence-electron chi connectivity index (χ0n) is 5.31. The monoisotopic (exact) mass is 138 g/mol. The summed E-state index contributed by atoms with van der Waals surface area (Å²) in [5.41, 5.74) is 0. The van der Waals surface area contributed by atoms with Crippen LogP contribution in [0.3, 0.4) is 0 Å². The van der Waals surface area contributed by atoms with Crippen molar-refractivity contribution in [1.82, 2.24) is 10.6 Å². The summed E-state index contributed by atoms with van der Waals surface area (Å²) in [6.45, 7) is 1.41. The maximum atomic E-state index is 9.97. The summed E-state index contributed by atoms with van der Waals surface area (Å²) in [5.74, 6) is -1.08. The van der Waals surface area contributed by atoms with Crippen LogP contribution in [0.25, 0.3) is 0 Å². The summed E-state index contributed by atoms with van der Waals surface area (Å²) in [6, 6.07) is 0. The van der Waals surface area contributed by atoms with Crippen LogP contribution in [-0.2, 0) is 4.79 Å². The van der Waals surface area contributed by atoms with Gasteiger partial charge in [0.2, 0.25) is 0 Å². The van der Waals surface area contributed by atoms with Crippen molar-refractivity contribution in [1.29, 1.82) is 0 Å². The number of carbonyl (C=O) groups is 1. The van der Waals surface area contributed by atoms with Gasteiger partial charge in [0.25, 0.3) is 0 Å². The van der Waals surface area contributed by atoms with Gasteiger partial charge in [-0.05, 0) is 0 Å². The molecule has 0 aromatic heterocycles. The molecule has 0 saturated carbocycles. The van der Waals surface area contributed by atoms with Gasteiger partial charge in [-0.15, -0.1) is 0 Å². The number of aliphatic carboxylic acids is 1. The minimum Gasteiger partial charge on any atom is -0.547 e. The summed E-state index contributed by atoms with van der Waals surface area (Å²) >= 11 is 0. The summed E-state index contributed by atoms with van der Waals surface area (Å²) in [4.78, 5) is 9.97. The number of hydrogen-bond donors (Lipinski definition) is 2. The molecule has 1 fully saturated rings. The predicted octanol–water partition coefficient (Wildman–Crippen LogP) is -5.74. The second-order valence-corrected chi connectivity index (χ2v) is 1.66. The SMILES string of the molecule is O=C([O-])C1NCCN1.[Na+]. The third-order valence-corrected chi connectivity index (χ3v) is 1.06. The fourth-order valence-corrected chi connectivity index (χ4v) is 0.672. The summed E-state index contributed by atoms with van der Waals surface area (Å²) < 4.78 is 0. The zero-order valence-corrected chi connectivity index (χ0v) is 7.31. The fraction of sp³-hybridized carbons (Fsp3) is 0.750. The molecule has 1 aliphatic rings. The summed E-state index contributed by atoms with van der Waals surface area (Å²) in [7, 11) is 0. The molecule has 0 atom stereocenters. The quantitative estimate of drug-likeness (QED) is 0.354. The molecule has 0 bridgehead atoms. The molecule has 0 aromatic rings. The Morgan fingerprint density at radius 1 is 1.44 bits per heavy atom. The second-order valence-electron chi connectivity index (χ2n) is 1.66. The van der Waals surface area contributed by atoms with Gasteiger partial charge < -0.3 is 9.90 Å². The molecule has 0 unspecified atom stereocenters. The Morgan fingerprint density at radius 2 is 1.89 bits per heavy atom. The first-order valence-electron chi connectivity index (χ1n) is 2.48. The third-order valence-electron chi connectivity index (χ3n) is 1.06. The van der Waals surface area contributed by atoms with E-state index in [1.165, 1.54) is 0 Å². The molecule has 1 heterocycles. The number of carbonyl (C=O) groups excluding carboxylic acids is 1. The zero-order chi connectivity index (χ0) is 5.98. The maximum absolute atomic E-state index is 9.97. The van der Waals surface area contributed by atoms with E-state index in [0.29, 0.717) is 13.1 Å². The number of carboxylic acid groups (broad SMARTS) is 1. The Labute approximate surface area is 75.3 Å². The van der Waals surface area contributed by atoms with Crippen LogP contribution in [0, 0.1) is 0 Å². The van der Waals surface area contributed by atoms with Crippen molar-refractivity contribution in [3.63, 3.8) is 0 Å². The summed E-state index contributed by atoms with van der Waals surface area (Å²) in [6.07, 6.45) is -0.630. The van der Waals surface area contributed by atoms with Crippen LogP contribution in [0.5, 0.6) is 0 Å². The van der Waals surface area contributed by atoms with Crippen molar-refractivity contribution in [3.8, 4) is 0 Å². The van der Waals surface area contributed by atoms with E-state index in [-0.39, 0.29) is 29.6 Å². The smallest absolute Gasteiger partial charge is 0.547 e. The molecular formula is C4H7N2NaO2. The van der Waals surface area contributed by atoms with Gasteiger partial charge in [0.1, 0.15) is 0 Å². The molecule has 0 aliphatic carbocycles. The first kappa shape index (κ1) is 9.39. The Balaban J connectivity index is 0.000000640. The third kappa shape index (κ3) is 2.64. The first-order valence-corrected chi connectivity index (χ1v) is 2.48. The van der Waals surface area contributed by atoms with Crippen LogP contribution in [0.1, 0.15) is 0 Å². The van der Waals surface area contributed by atoms with Crippen molar-refractivity contribution < 1.29 is 39.5 Å². The Kier molecular flexibility index (Phi) is 4.43. The molecule has 0 spiro atoms. The standard InChI is InChI=1S/C4H8N2O2.Na/c7-4(8)3-5-1-2-6-3;/h3,5-6H,1-2H2,(H,7,8);/q;+1/p-1. The average Bonchev–Trinajstić information content (AvgIpc) is 2.12. The number of carboxylic acids is 1. The molecule has 4 nitrogen and oxygen atoms in total. The van der Waals surface area contributed by atoms with Crippen LogP contribution in [-0.4, -0.2) is 25.2 Å². The van der Waals surface area contributed by atoms with E-state index in [1.54, 1.807) is 0 Å². The van der Waals surface area contributed by atoms with E-state index >= 15 is 0 Å². The van der Waals surface area contributed by atoms with E-state index in [4.69, 9.17) is 0 Å². The molecular weight excluding hydrogens is 131 g/mol. The van der Waals surface area contributed by atoms with E-state index in [1.807, 2.05) is 0 Å². The van der Waals surface area contributed by atoms with Crippen molar-refractivity contribution in [2.75, 3.05) is 13.1 Å². The molecule has 0 amide bonds.